The van der Waals surface area contributed by atoms with E-state index in [9.17, 15) is 9.90 Å². The maximum atomic E-state index is 12.5. The summed E-state index contributed by atoms with van der Waals surface area (Å²) < 4.78 is 5.55. The van der Waals surface area contributed by atoms with Crippen LogP contribution in [-0.2, 0) is 17.7 Å². The third-order valence-electron chi connectivity index (χ3n) is 4.65. The van der Waals surface area contributed by atoms with E-state index in [0.29, 0.717) is 12.5 Å². The van der Waals surface area contributed by atoms with Gasteiger partial charge in [-0.05, 0) is 63.6 Å². The van der Waals surface area contributed by atoms with E-state index in [2.05, 4.69) is 23.5 Å². The topological polar surface area (TPSA) is 61.8 Å². The van der Waals surface area contributed by atoms with Gasteiger partial charge in [-0.3, -0.25) is 4.90 Å². The Morgan fingerprint density at radius 1 is 1.38 bits per heavy atom. The second kappa shape index (κ2) is 6.73. The molecule has 0 spiro atoms. The summed E-state index contributed by atoms with van der Waals surface area (Å²) >= 11 is 0. The van der Waals surface area contributed by atoms with Crippen molar-refractivity contribution in [2.45, 2.75) is 58.3 Å². The lowest BCUT2D eigenvalue weighted by molar-refractivity contribution is 0.0429. The lowest BCUT2D eigenvalue weighted by Gasteiger charge is -2.31. The van der Waals surface area contributed by atoms with E-state index in [-0.39, 0.29) is 12.2 Å². The normalized spacial score (nSPS) is 22.9. The molecule has 132 valence electrons. The molecule has 0 unspecified atom stereocenters. The lowest BCUT2D eigenvalue weighted by atomic mass is 9.82. The third-order valence-corrected chi connectivity index (χ3v) is 4.65. The summed E-state index contributed by atoms with van der Waals surface area (Å²) in [6.07, 6.45) is 2.28. The number of ether oxygens (including phenoxy) is 1. The van der Waals surface area contributed by atoms with Gasteiger partial charge in [-0.2, -0.15) is 0 Å². The molecule has 0 atom stereocenters. The third kappa shape index (κ3) is 3.90. The van der Waals surface area contributed by atoms with Crippen molar-refractivity contribution in [1.29, 1.82) is 0 Å². The number of amides is 1. The molecule has 5 nitrogen and oxygen atoms in total. The van der Waals surface area contributed by atoms with Crippen LogP contribution in [0.5, 0.6) is 0 Å². The first-order valence-electron chi connectivity index (χ1n) is 8.83. The zero-order valence-electron chi connectivity index (χ0n) is 14.8. The molecule has 1 heterocycles. The maximum Gasteiger partial charge on any atom is 0.414 e. The second-order valence-corrected chi connectivity index (χ2v) is 7.93. The van der Waals surface area contributed by atoms with Crippen LogP contribution in [0.3, 0.4) is 0 Å². The summed E-state index contributed by atoms with van der Waals surface area (Å²) in [5.74, 6) is 0.568. The fraction of sp³-hybridized carbons (Fsp3) is 0.632. The molecule has 0 radical (unpaired) electrons. The monoisotopic (exact) mass is 332 g/mol. The number of fused-ring (bicyclic) bond motifs is 1. The van der Waals surface area contributed by atoms with E-state index in [1.807, 2.05) is 20.8 Å². The van der Waals surface area contributed by atoms with E-state index >= 15 is 0 Å². The second-order valence-electron chi connectivity index (χ2n) is 7.93. The molecule has 1 aromatic rings. The Kier molecular flexibility index (Phi) is 4.83. The Morgan fingerprint density at radius 2 is 2.12 bits per heavy atom. The highest BCUT2D eigenvalue weighted by Gasteiger charge is 2.31. The molecule has 3 rings (SSSR count). The van der Waals surface area contributed by atoms with Crippen LogP contribution in [0.1, 0.15) is 44.7 Å². The number of aliphatic hydroxyl groups is 1. The predicted octanol–water partition coefficient (Wildman–Crippen LogP) is 2.84. The maximum absolute atomic E-state index is 12.5. The van der Waals surface area contributed by atoms with Crippen LogP contribution < -0.4 is 10.2 Å². The summed E-state index contributed by atoms with van der Waals surface area (Å²) in [7, 11) is 0. The van der Waals surface area contributed by atoms with Crippen LogP contribution in [0, 0.1) is 5.92 Å². The molecule has 0 aromatic heterocycles. The molecule has 2 N–H and O–H groups in total. The van der Waals surface area contributed by atoms with Crippen LogP contribution in [0.15, 0.2) is 18.2 Å². The Bertz CT molecular complexity index is 603. The minimum atomic E-state index is -0.488. The molecule has 0 saturated heterocycles. The number of rotatable bonds is 4. The number of benzene rings is 1. The quantitative estimate of drug-likeness (QED) is 0.890. The number of nitrogens with one attached hydrogen (secondary N) is 1. The van der Waals surface area contributed by atoms with Gasteiger partial charge in [0.15, 0.2) is 0 Å². The van der Waals surface area contributed by atoms with E-state index < -0.39 is 5.60 Å². The lowest BCUT2D eigenvalue weighted by Crippen LogP contribution is -2.37. The Labute approximate surface area is 144 Å². The van der Waals surface area contributed by atoms with Crippen molar-refractivity contribution in [2.24, 2.45) is 5.92 Å². The molecule has 2 aliphatic rings. The van der Waals surface area contributed by atoms with Gasteiger partial charge in [0.25, 0.3) is 0 Å². The number of hydrogen-bond acceptors (Lipinski definition) is 4. The molecule has 1 saturated carbocycles. The number of anilines is 1. The van der Waals surface area contributed by atoms with E-state index in [1.165, 1.54) is 5.56 Å². The predicted molar refractivity (Wildman–Crippen MR) is 94.2 cm³/mol. The molecule has 0 bridgehead atoms. The van der Waals surface area contributed by atoms with E-state index in [1.54, 1.807) is 4.90 Å². The number of nitrogens with zero attached hydrogens (tertiary/aromatic N) is 1. The summed E-state index contributed by atoms with van der Waals surface area (Å²) in [6, 6.07) is 6.22. The SMILES string of the molecule is CC(C)(C)OC(=O)N1CCc2cccc(CNCC3CC(O)C3)c21. The molecule has 1 aliphatic carbocycles. The van der Waals surface area contributed by atoms with Crippen molar-refractivity contribution >= 4 is 11.8 Å². The summed E-state index contributed by atoms with van der Waals surface area (Å²) in [6.45, 7) is 7.99. The standard InChI is InChI=1S/C19H28N2O3/c1-19(2,3)24-18(23)21-8-7-14-5-4-6-15(17(14)21)12-20-11-13-9-16(22)10-13/h4-6,13,16,20,22H,7-12H2,1-3H3. The molecule has 1 fully saturated rings. The Hall–Kier alpha value is -1.59. The van der Waals surface area contributed by atoms with Crippen molar-refractivity contribution in [2.75, 3.05) is 18.0 Å². The first kappa shape index (κ1) is 17.2. The van der Waals surface area contributed by atoms with Gasteiger partial charge in [-0.1, -0.05) is 18.2 Å². The Morgan fingerprint density at radius 3 is 2.79 bits per heavy atom. The first-order chi connectivity index (χ1) is 11.3. The largest absolute Gasteiger partial charge is 0.443 e. The van der Waals surface area contributed by atoms with Crippen LogP contribution in [0.4, 0.5) is 10.5 Å². The van der Waals surface area contributed by atoms with Crippen molar-refractivity contribution in [3.8, 4) is 0 Å². The summed E-state index contributed by atoms with van der Waals surface area (Å²) in [4.78, 5) is 14.3. The minimum absolute atomic E-state index is 0.111. The first-order valence-corrected chi connectivity index (χ1v) is 8.83. The highest BCUT2D eigenvalue weighted by molar-refractivity contribution is 5.91. The number of carbonyl (C=O) groups is 1. The fourth-order valence-electron chi connectivity index (χ4n) is 3.46. The average Bonchev–Trinajstić information content (AvgIpc) is 2.88. The molecule has 5 heteroatoms. The zero-order valence-corrected chi connectivity index (χ0v) is 14.8. The van der Waals surface area contributed by atoms with Gasteiger partial charge in [-0.25, -0.2) is 4.79 Å². The Balaban J connectivity index is 1.66. The summed E-state index contributed by atoms with van der Waals surface area (Å²) in [5, 5.41) is 12.8. The molecule has 1 aliphatic heterocycles. The van der Waals surface area contributed by atoms with Crippen LogP contribution >= 0.6 is 0 Å². The molecule has 1 aromatic carbocycles. The minimum Gasteiger partial charge on any atom is -0.443 e. The smallest absolute Gasteiger partial charge is 0.414 e. The van der Waals surface area contributed by atoms with Gasteiger partial charge in [0.1, 0.15) is 5.60 Å². The van der Waals surface area contributed by atoms with Crippen LogP contribution in [-0.4, -0.2) is 36.0 Å². The van der Waals surface area contributed by atoms with Crippen molar-refractivity contribution in [3.63, 3.8) is 0 Å². The molecule has 1 amide bonds. The highest BCUT2D eigenvalue weighted by atomic mass is 16.6. The van der Waals surface area contributed by atoms with Crippen molar-refractivity contribution in [3.05, 3.63) is 29.3 Å². The van der Waals surface area contributed by atoms with Crippen LogP contribution in [0.25, 0.3) is 0 Å². The van der Waals surface area contributed by atoms with E-state index in [4.69, 9.17) is 4.74 Å². The van der Waals surface area contributed by atoms with Gasteiger partial charge in [-0.15, -0.1) is 0 Å². The molecular weight excluding hydrogens is 304 g/mol. The molecule has 24 heavy (non-hydrogen) atoms. The van der Waals surface area contributed by atoms with Crippen molar-refractivity contribution in [1.82, 2.24) is 5.32 Å². The summed E-state index contributed by atoms with van der Waals surface area (Å²) in [5.41, 5.74) is 2.86. The fourth-order valence-corrected chi connectivity index (χ4v) is 3.46. The van der Waals surface area contributed by atoms with Gasteiger partial charge >= 0.3 is 6.09 Å². The van der Waals surface area contributed by atoms with Gasteiger partial charge < -0.3 is 15.2 Å². The van der Waals surface area contributed by atoms with Gasteiger partial charge in [0.05, 0.1) is 11.8 Å². The molecular formula is C19H28N2O3. The number of carbonyl (C=O) groups excluding carboxylic acids is 1. The number of para-hydroxylation sites is 1. The van der Waals surface area contributed by atoms with E-state index in [0.717, 1.165) is 43.6 Å². The van der Waals surface area contributed by atoms with Crippen molar-refractivity contribution < 1.29 is 14.6 Å². The van der Waals surface area contributed by atoms with Crippen LogP contribution in [0.2, 0.25) is 0 Å². The average molecular weight is 332 g/mol. The van der Waals surface area contributed by atoms with Gasteiger partial charge in [0, 0.05) is 13.1 Å². The highest BCUT2D eigenvalue weighted by Crippen LogP contribution is 2.33. The van der Waals surface area contributed by atoms with Gasteiger partial charge in [0.2, 0.25) is 0 Å². The number of aliphatic hydroxyl groups excluding tert-OH is 1. The zero-order chi connectivity index (χ0) is 17.3. The number of hydrogen-bond donors (Lipinski definition) is 2.